The van der Waals surface area contributed by atoms with Gasteiger partial charge in [0.1, 0.15) is 5.75 Å². The third-order valence-electron chi connectivity index (χ3n) is 5.90. The lowest BCUT2D eigenvalue weighted by Crippen LogP contribution is -2.56. The Labute approximate surface area is 180 Å². The van der Waals surface area contributed by atoms with Gasteiger partial charge in [-0.15, -0.1) is 0 Å². The number of carbonyl (C=O) groups is 1. The second-order valence-electron chi connectivity index (χ2n) is 7.80. The Balaban J connectivity index is 1.55. The second-order valence-corrected chi connectivity index (χ2v) is 7.80. The molecule has 2 aromatic rings. The first kappa shape index (κ1) is 21.2. The Bertz CT molecular complexity index is 928. The van der Waals surface area contributed by atoms with E-state index in [1.807, 2.05) is 4.90 Å². The van der Waals surface area contributed by atoms with E-state index in [0.29, 0.717) is 36.3 Å². The van der Waals surface area contributed by atoms with Crippen LogP contribution >= 0.6 is 0 Å². The first-order valence-electron chi connectivity index (χ1n) is 10.3. The molecule has 1 amide bonds. The molecular formula is C22H27FN4O4. The lowest BCUT2D eigenvalue weighted by molar-refractivity contribution is -0.0660. The van der Waals surface area contributed by atoms with Crippen LogP contribution < -0.4 is 20.3 Å². The Hall–Kier alpha value is -3.04. The predicted octanol–water partition coefficient (Wildman–Crippen LogP) is 2.62. The number of nitrogens with zero attached hydrogens (tertiary/aromatic N) is 3. The summed E-state index contributed by atoms with van der Waals surface area (Å²) >= 11 is 0. The van der Waals surface area contributed by atoms with Crippen LogP contribution in [-0.2, 0) is 11.3 Å². The normalized spacial score (nSPS) is 17.3. The minimum absolute atomic E-state index is 0.0664. The van der Waals surface area contributed by atoms with Crippen LogP contribution in [0.15, 0.2) is 36.4 Å². The van der Waals surface area contributed by atoms with Crippen LogP contribution in [0.25, 0.3) is 0 Å². The summed E-state index contributed by atoms with van der Waals surface area (Å²) in [4.78, 5) is 17.4. The van der Waals surface area contributed by atoms with Crippen molar-refractivity contribution in [3.63, 3.8) is 0 Å². The van der Waals surface area contributed by atoms with Crippen molar-refractivity contribution in [3.05, 3.63) is 47.8 Å². The van der Waals surface area contributed by atoms with Crippen LogP contribution in [0.1, 0.15) is 5.56 Å². The van der Waals surface area contributed by atoms with Gasteiger partial charge in [0.2, 0.25) is 0 Å². The number of amides is 1. The van der Waals surface area contributed by atoms with Gasteiger partial charge in [0.25, 0.3) is 0 Å². The molecule has 0 radical (unpaired) electrons. The smallest absolute Gasteiger partial charge is 0.412 e. The minimum Gasteiger partial charge on any atom is -0.497 e. The highest BCUT2D eigenvalue weighted by molar-refractivity contribution is 5.88. The van der Waals surface area contributed by atoms with Crippen molar-refractivity contribution in [3.8, 4) is 5.75 Å². The minimum atomic E-state index is -1.14. The van der Waals surface area contributed by atoms with E-state index in [4.69, 9.17) is 15.2 Å². The molecule has 0 spiro atoms. The quantitative estimate of drug-likeness (QED) is 0.681. The van der Waals surface area contributed by atoms with Gasteiger partial charge in [-0.3, -0.25) is 9.80 Å². The van der Waals surface area contributed by atoms with E-state index >= 15 is 0 Å². The van der Waals surface area contributed by atoms with Gasteiger partial charge in [-0.25, -0.2) is 9.18 Å². The fraction of sp³-hybridized carbons (Fsp3) is 0.409. The van der Waals surface area contributed by atoms with E-state index in [-0.39, 0.29) is 12.2 Å². The first-order chi connectivity index (χ1) is 15.0. The Morgan fingerprint density at radius 3 is 2.45 bits per heavy atom. The maximum atomic E-state index is 14.9. The molecule has 0 bridgehead atoms. The Kier molecular flexibility index (Phi) is 6.15. The zero-order valence-corrected chi connectivity index (χ0v) is 17.5. The zero-order chi connectivity index (χ0) is 22.0. The fourth-order valence-corrected chi connectivity index (χ4v) is 3.95. The highest BCUT2D eigenvalue weighted by Gasteiger charge is 2.30. The molecule has 0 saturated carbocycles. The van der Waals surface area contributed by atoms with Crippen LogP contribution in [0, 0.1) is 5.82 Å². The number of methoxy groups -OCH3 is 1. The number of ether oxygens (including phenoxy) is 2. The van der Waals surface area contributed by atoms with E-state index in [1.165, 1.54) is 11.0 Å². The van der Waals surface area contributed by atoms with Crippen LogP contribution in [0.5, 0.6) is 5.75 Å². The molecule has 2 aliphatic rings. The van der Waals surface area contributed by atoms with Crippen molar-refractivity contribution in [2.75, 3.05) is 62.0 Å². The van der Waals surface area contributed by atoms with Gasteiger partial charge in [0.15, 0.2) is 5.82 Å². The number of hydrogen-bond acceptors (Lipinski definition) is 6. The van der Waals surface area contributed by atoms with Gasteiger partial charge >= 0.3 is 6.09 Å². The van der Waals surface area contributed by atoms with Crippen LogP contribution in [0.3, 0.4) is 0 Å². The first-order valence-corrected chi connectivity index (χ1v) is 10.3. The van der Waals surface area contributed by atoms with Gasteiger partial charge in [-0.05, 0) is 29.8 Å². The summed E-state index contributed by atoms with van der Waals surface area (Å²) < 4.78 is 25.3. The van der Waals surface area contributed by atoms with Crippen molar-refractivity contribution < 1.29 is 23.8 Å². The molecule has 9 heteroatoms. The summed E-state index contributed by atoms with van der Waals surface area (Å²) in [5.41, 5.74) is 7.33. The summed E-state index contributed by atoms with van der Waals surface area (Å²) in [5, 5.41) is 9.81. The van der Waals surface area contributed by atoms with Gasteiger partial charge in [-0.2, -0.15) is 0 Å². The molecule has 2 saturated heterocycles. The molecular weight excluding hydrogens is 403 g/mol. The number of nitrogen functional groups attached to an aromatic ring is 1. The van der Waals surface area contributed by atoms with Gasteiger partial charge in [0, 0.05) is 26.2 Å². The molecule has 8 nitrogen and oxygen atoms in total. The molecule has 2 heterocycles. The van der Waals surface area contributed by atoms with E-state index in [1.54, 1.807) is 37.4 Å². The van der Waals surface area contributed by atoms with Crippen molar-refractivity contribution in [2.24, 2.45) is 0 Å². The van der Waals surface area contributed by atoms with E-state index in [2.05, 4.69) is 4.90 Å². The molecule has 0 unspecified atom stereocenters. The lowest BCUT2D eigenvalue weighted by atomic mass is 10.1. The summed E-state index contributed by atoms with van der Waals surface area (Å²) in [7, 11) is 1.57. The molecule has 2 fully saturated rings. The van der Waals surface area contributed by atoms with E-state index in [0.717, 1.165) is 31.9 Å². The summed E-state index contributed by atoms with van der Waals surface area (Å²) in [6, 6.07) is 10.5. The highest BCUT2D eigenvalue weighted by atomic mass is 19.1. The summed E-state index contributed by atoms with van der Waals surface area (Å²) in [6.45, 7) is 4.48. The average molecular weight is 430 g/mol. The largest absolute Gasteiger partial charge is 0.497 e. The number of halogens is 1. The molecule has 2 aliphatic heterocycles. The Morgan fingerprint density at radius 1 is 1.23 bits per heavy atom. The zero-order valence-electron chi connectivity index (χ0n) is 17.5. The molecule has 0 aromatic heterocycles. The average Bonchev–Trinajstić information content (AvgIpc) is 2.73. The maximum Gasteiger partial charge on any atom is 0.412 e. The topological polar surface area (TPSA) is 91.5 Å². The number of anilines is 3. The van der Waals surface area contributed by atoms with E-state index < -0.39 is 11.9 Å². The summed E-state index contributed by atoms with van der Waals surface area (Å²) in [6.07, 6.45) is -1.14. The van der Waals surface area contributed by atoms with Crippen molar-refractivity contribution in [2.45, 2.75) is 12.6 Å². The molecule has 2 aromatic carbocycles. The number of carboxylic acid groups (broad SMARTS) is 1. The number of piperazine rings is 1. The molecule has 166 valence electrons. The lowest BCUT2D eigenvalue weighted by Gasteiger charge is -2.43. The molecule has 0 atom stereocenters. The van der Waals surface area contributed by atoms with Gasteiger partial charge in [0.05, 0.1) is 50.0 Å². The van der Waals surface area contributed by atoms with E-state index in [9.17, 15) is 14.3 Å². The fourth-order valence-electron chi connectivity index (χ4n) is 3.95. The maximum absolute atomic E-state index is 14.9. The molecule has 31 heavy (non-hydrogen) atoms. The summed E-state index contributed by atoms with van der Waals surface area (Å²) in [5.74, 6) is 0.172. The Morgan fingerprint density at radius 2 is 1.90 bits per heavy atom. The van der Waals surface area contributed by atoms with Crippen LogP contribution in [0.4, 0.5) is 26.2 Å². The van der Waals surface area contributed by atoms with Crippen LogP contribution in [0.2, 0.25) is 0 Å². The second kappa shape index (κ2) is 8.99. The number of benzene rings is 2. The van der Waals surface area contributed by atoms with Crippen molar-refractivity contribution >= 4 is 23.2 Å². The van der Waals surface area contributed by atoms with Gasteiger partial charge < -0.3 is 25.2 Å². The SMILES string of the molecule is COc1ccc(CN(C(=O)O)c2cc(N)c(F)c(N3CCN(C4COC4)CC3)c2)cc1. The number of rotatable bonds is 6. The molecule has 3 N–H and O–H groups in total. The van der Waals surface area contributed by atoms with Gasteiger partial charge in [-0.1, -0.05) is 12.1 Å². The molecule has 4 rings (SSSR count). The number of hydrogen-bond donors (Lipinski definition) is 2. The standard InChI is InChI=1S/C22H27FN4O4/c1-30-18-4-2-15(3-5-18)12-27(22(28)29)16-10-19(24)21(23)20(11-16)26-8-6-25(7-9-26)17-13-31-14-17/h2-5,10-11,17H,6-9,12-14,24H2,1H3,(H,28,29). The predicted molar refractivity (Wildman–Crippen MR) is 116 cm³/mol. The third kappa shape index (κ3) is 4.52. The number of nitrogens with two attached hydrogens (primary N) is 1. The molecule has 0 aliphatic carbocycles. The monoisotopic (exact) mass is 430 g/mol. The van der Waals surface area contributed by atoms with Crippen molar-refractivity contribution in [1.29, 1.82) is 0 Å². The third-order valence-corrected chi connectivity index (χ3v) is 5.90. The van der Waals surface area contributed by atoms with Crippen LogP contribution in [-0.4, -0.2) is 68.6 Å². The highest BCUT2D eigenvalue weighted by Crippen LogP contribution is 2.33. The van der Waals surface area contributed by atoms with Crippen molar-refractivity contribution in [1.82, 2.24) is 4.90 Å².